The Morgan fingerprint density at radius 3 is 2.71 bits per heavy atom. The highest BCUT2D eigenvalue weighted by Crippen LogP contribution is 2.40. The summed E-state index contributed by atoms with van der Waals surface area (Å²) >= 11 is 1.55. The van der Waals surface area contributed by atoms with Crippen molar-refractivity contribution in [2.75, 3.05) is 25.3 Å². The van der Waals surface area contributed by atoms with Crippen molar-refractivity contribution in [3.63, 3.8) is 0 Å². The van der Waals surface area contributed by atoms with Crippen molar-refractivity contribution in [2.24, 2.45) is 0 Å². The minimum absolute atomic E-state index is 0.0490. The molecule has 0 saturated heterocycles. The number of methoxy groups -OCH3 is 2. The molecule has 2 aromatic carbocycles. The van der Waals surface area contributed by atoms with Crippen molar-refractivity contribution < 1.29 is 23.4 Å². The van der Waals surface area contributed by atoms with Gasteiger partial charge in [-0.2, -0.15) is 4.98 Å². The molecular formula is C25H27FN4O4S. The number of thioether (sulfide) groups is 1. The molecule has 0 saturated carbocycles. The molecule has 1 unspecified atom stereocenters. The fourth-order valence-electron chi connectivity index (χ4n) is 3.81. The van der Waals surface area contributed by atoms with Gasteiger partial charge in [0, 0.05) is 17.0 Å². The monoisotopic (exact) mass is 498 g/mol. The lowest BCUT2D eigenvalue weighted by molar-refractivity contribution is -0.136. The van der Waals surface area contributed by atoms with E-state index in [-0.39, 0.29) is 12.4 Å². The third kappa shape index (κ3) is 5.12. The number of allylic oxidation sites excluding steroid dienone is 1. The lowest BCUT2D eigenvalue weighted by Gasteiger charge is -2.28. The zero-order valence-electron chi connectivity index (χ0n) is 20.0. The summed E-state index contributed by atoms with van der Waals surface area (Å²) in [6.07, 6.45) is 0.988. The quantitative estimate of drug-likeness (QED) is 0.327. The van der Waals surface area contributed by atoms with Crippen LogP contribution in [0, 0.1) is 5.82 Å². The highest BCUT2D eigenvalue weighted by Gasteiger charge is 2.35. The van der Waals surface area contributed by atoms with E-state index in [0.29, 0.717) is 39.4 Å². The fourth-order valence-corrected chi connectivity index (χ4v) is 4.50. The molecule has 2 heterocycles. The number of carbonyl (C=O) groups excluding carboxylic acids is 1. The molecule has 3 aromatic rings. The highest BCUT2D eigenvalue weighted by atomic mass is 32.2. The van der Waals surface area contributed by atoms with E-state index in [1.807, 2.05) is 6.07 Å². The third-order valence-corrected chi connectivity index (χ3v) is 6.56. The maximum atomic E-state index is 14.0. The van der Waals surface area contributed by atoms with Crippen LogP contribution < -0.4 is 14.8 Å². The fraction of sp³-hybridized carbons (Fsp3) is 0.320. The molecule has 1 atom stereocenters. The summed E-state index contributed by atoms with van der Waals surface area (Å²) in [6.45, 7) is 3.94. The number of aromatic nitrogens is 3. The summed E-state index contributed by atoms with van der Waals surface area (Å²) in [5.74, 6) is 1.51. The largest absolute Gasteiger partial charge is 0.493 e. The number of hydrogen-bond donors (Lipinski definition) is 1. The van der Waals surface area contributed by atoms with Gasteiger partial charge in [-0.15, -0.1) is 5.10 Å². The normalized spacial score (nSPS) is 14.8. The van der Waals surface area contributed by atoms with E-state index in [1.54, 1.807) is 53.7 Å². The van der Waals surface area contributed by atoms with Crippen LogP contribution in [0.2, 0.25) is 0 Å². The lowest BCUT2D eigenvalue weighted by atomic mass is 9.95. The molecule has 0 radical (unpaired) electrons. The van der Waals surface area contributed by atoms with Crippen LogP contribution in [-0.4, -0.2) is 40.7 Å². The summed E-state index contributed by atoms with van der Waals surface area (Å²) in [7, 11) is 2.87. The Morgan fingerprint density at radius 1 is 1.20 bits per heavy atom. The SMILES string of the molecule is CCCSc1nc2n(n1)C(c1ccc(OCc3ccccc3F)c(OC)c1)C(C(=O)OC)=C(C)N2. The Balaban J connectivity index is 1.71. The Morgan fingerprint density at radius 2 is 2.00 bits per heavy atom. The van der Waals surface area contributed by atoms with Gasteiger partial charge in [0.15, 0.2) is 11.5 Å². The Hall–Kier alpha value is -3.53. The number of esters is 1. The molecule has 1 aliphatic heterocycles. The van der Waals surface area contributed by atoms with Crippen molar-refractivity contribution in [1.29, 1.82) is 0 Å². The standard InChI is InChI=1S/C25H27FN4O4S/c1-5-12-35-25-28-24-27-15(2)21(23(31)33-4)22(30(24)29-25)16-10-11-19(20(13-16)32-3)34-14-17-8-6-7-9-18(17)26/h6-11,13,22H,5,12,14H2,1-4H3,(H,27,28,29). The summed E-state index contributed by atoms with van der Waals surface area (Å²) < 4.78 is 32.2. The van der Waals surface area contributed by atoms with E-state index >= 15 is 0 Å². The van der Waals surface area contributed by atoms with E-state index in [1.165, 1.54) is 20.3 Å². The predicted molar refractivity (Wildman–Crippen MR) is 131 cm³/mol. The van der Waals surface area contributed by atoms with Gasteiger partial charge in [-0.1, -0.05) is 43.0 Å². The molecule has 10 heteroatoms. The lowest BCUT2D eigenvalue weighted by Crippen LogP contribution is -2.29. The molecule has 1 N–H and O–H groups in total. The number of nitrogens with one attached hydrogen (secondary N) is 1. The summed E-state index contributed by atoms with van der Waals surface area (Å²) in [5.41, 5.74) is 2.22. The maximum absolute atomic E-state index is 14.0. The summed E-state index contributed by atoms with van der Waals surface area (Å²) in [6, 6.07) is 11.2. The van der Waals surface area contributed by atoms with E-state index in [9.17, 15) is 9.18 Å². The first-order chi connectivity index (χ1) is 17.0. The molecule has 0 amide bonds. The highest BCUT2D eigenvalue weighted by molar-refractivity contribution is 7.99. The molecule has 4 rings (SSSR count). The van der Waals surface area contributed by atoms with Gasteiger partial charge >= 0.3 is 5.97 Å². The molecule has 1 aromatic heterocycles. The first-order valence-electron chi connectivity index (χ1n) is 11.2. The first-order valence-corrected chi connectivity index (χ1v) is 12.1. The molecule has 8 nitrogen and oxygen atoms in total. The van der Waals surface area contributed by atoms with Gasteiger partial charge in [-0.3, -0.25) is 0 Å². The molecule has 0 aliphatic carbocycles. The smallest absolute Gasteiger partial charge is 0.338 e. The van der Waals surface area contributed by atoms with Crippen LogP contribution >= 0.6 is 11.8 Å². The van der Waals surface area contributed by atoms with Crippen LogP contribution in [0.15, 0.2) is 58.9 Å². The van der Waals surface area contributed by atoms with Gasteiger partial charge < -0.3 is 19.5 Å². The minimum atomic E-state index is -0.586. The second kappa shape index (κ2) is 10.8. The average molecular weight is 499 g/mol. The van der Waals surface area contributed by atoms with Crippen molar-refractivity contribution in [3.05, 3.63) is 70.7 Å². The number of halogens is 1. The molecule has 184 valence electrons. The van der Waals surface area contributed by atoms with E-state index in [0.717, 1.165) is 17.7 Å². The van der Waals surface area contributed by atoms with Gasteiger partial charge in [0.2, 0.25) is 11.1 Å². The average Bonchev–Trinajstić information content (AvgIpc) is 3.27. The van der Waals surface area contributed by atoms with Gasteiger partial charge in [-0.25, -0.2) is 13.9 Å². The van der Waals surface area contributed by atoms with Gasteiger partial charge in [0.1, 0.15) is 18.5 Å². The van der Waals surface area contributed by atoms with Crippen LogP contribution in [0.25, 0.3) is 0 Å². The van der Waals surface area contributed by atoms with Crippen LogP contribution in [0.3, 0.4) is 0 Å². The van der Waals surface area contributed by atoms with Gasteiger partial charge in [0.25, 0.3) is 0 Å². The number of benzene rings is 2. The second-order valence-electron chi connectivity index (χ2n) is 7.86. The van der Waals surface area contributed by atoms with Gasteiger partial charge in [0.05, 0.1) is 19.8 Å². The number of fused-ring (bicyclic) bond motifs is 1. The van der Waals surface area contributed by atoms with Crippen molar-refractivity contribution in [2.45, 2.75) is 38.1 Å². The maximum Gasteiger partial charge on any atom is 0.338 e. The van der Waals surface area contributed by atoms with E-state index in [4.69, 9.17) is 14.2 Å². The summed E-state index contributed by atoms with van der Waals surface area (Å²) in [4.78, 5) is 17.4. The second-order valence-corrected chi connectivity index (χ2v) is 8.92. The third-order valence-electron chi connectivity index (χ3n) is 5.52. The van der Waals surface area contributed by atoms with Crippen molar-refractivity contribution >= 4 is 23.7 Å². The number of anilines is 1. The Kier molecular flexibility index (Phi) is 7.60. The van der Waals surface area contributed by atoms with Crippen LogP contribution in [-0.2, 0) is 16.1 Å². The Bertz CT molecular complexity index is 1260. The van der Waals surface area contributed by atoms with E-state index in [2.05, 4.69) is 22.3 Å². The predicted octanol–water partition coefficient (Wildman–Crippen LogP) is 4.97. The van der Waals surface area contributed by atoms with Crippen LogP contribution in [0.1, 0.15) is 37.4 Å². The zero-order chi connectivity index (χ0) is 24.9. The topological polar surface area (TPSA) is 87.5 Å². The molecular weight excluding hydrogens is 471 g/mol. The molecule has 0 spiro atoms. The molecule has 1 aliphatic rings. The first kappa shape index (κ1) is 24.6. The Labute approximate surface area is 207 Å². The number of carbonyl (C=O) groups is 1. The molecule has 35 heavy (non-hydrogen) atoms. The zero-order valence-corrected chi connectivity index (χ0v) is 20.8. The number of ether oxygens (including phenoxy) is 3. The van der Waals surface area contributed by atoms with Gasteiger partial charge in [-0.05, 0) is 37.1 Å². The van der Waals surface area contributed by atoms with Crippen LogP contribution in [0.4, 0.5) is 10.3 Å². The van der Waals surface area contributed by atoms with Crippen molar-refractivity contribution in [1.82, 2.24) is 14.8 Å². The molecule has 0 bridgehead atoms. The summed E-state index contributed by atoms with van der Waals surface area (Å²) in [5, 5.41) is 8.45. The van der Waals surface area contributed by atoms with Crippen molar-refractivity contribution in [3.8, 4) is 11.5 Å². The number of nitrogens with zero attached hydrogens (tertiary/aromatic N) is 3. The number of hydrogen-bond acceptors (Lipinski definition) is 8. The molecule has 0 fully saturated rings. The van der Waals surface area contributed by atoms with E-state index < -0.39 is 12.0 Å². The minimum Gasteiger partial charge on any atom is -0.493 e. The number of rotatable bonds is 9. The van der Waals surface area contributed by atoms with Crippen LogP contribution in [0.5, 0.6) is 11.5 Å².